The highest BCUT2D eigenvalue weighted by Crippen LogP contribution is 2.25. The van der Waals surface area contributed by atoms with Crippen LogP contribution in [0.15, 0.2) is 64.8 Å². The quantitative estimate of drug-likeness (QED) is 0.393. The van der Waals surface area contributed by atoms with E-state index in [-0.39, 0.29) is 5.56 Å². The topological polar surface area (TPSA) is 64.7 Å². The number of rotatable bonds is 6. The average molecular weight is 446 g/mol. The zero-order valence-electron chi connectivity index (χ0n) is 18.1. The summed E-state index contributed by atoms with van der Waals surface area (Å²) in [4.78, 5) is 16.4. The summed E-state index contributed by atoms with van der Waals surface area (Å²) < 4.78 is 8.88. The van der Waals surface area contributed by atoms with E-state index in [2.05, 4.69) is 32.6 Å². The first-order valence-corrected chi connectivity index (χ1v) is 11.2. The van der Waals surface area contributed by atoms with Crippen LogP contribution in [0.25, 0.3) is 16.7 Å². The van der Waals surface area contributed by atoms with Crippen molar-refractivity contribution in [3.8, 4) is 5.75 Å². The molecule has 7 nitrogen and oxygen atoms in total. The first kappa shape index (κ1) is 20.3. The highest BCUT2D eigenvalue weighted by atomic mass is 32.1. The number of aryl methyl sites for hydroxylation is 2. The fourth-order valence-electron chi connectivity index (χ4n) is 3.95. The van der Waals surface area contributed by atoms with Crippen LogP contribution >= 0.6 is 11.3 Å². The van der Waals surface area contributed by atoms with E-state index in [9.17, 15) is 4.79 Å². The van der Waals surface area contributed by atoms with Crippen LogP contribution in [0.1, 0.15) is 16.3 Å². The molecule has 162 valence electrons. The maximum absolute atomic E-state index is 12.9. The molecule has 0 aliphatic rings. The third-order valence-electron chi connectivity index (χ3n) is 5.64. The van der Waals surface area contributed by atoms with Crippen LogP contribution in [0.2, 0.25) is 0 Å². The van der Waals surface area contributed by atoms with Gasteiger partial charge < -0.3 is 9.64 Å². The van der Waals surface area contributed by atoms with Crippen LogP contribution in [-0.2, 0) is 20.1 Å². The molecule has 0 fully saturated rings. The minimum Gasteiger partial charge on any atom is -0.497 e. The van der Waals surface area contributed by atoms with Gasteiger partial charge in [-0.25, -0.2) is 0 Å². The lowest BCUT2D eigenvalue weighted by Crippen LogP contribution is -2.24. The van der Waals surface area contributed by atoms with E-state index in [1.165, 1.54) is 4.88 Å². The summed E-state index contributed by atoms with van der Waals surface area (Å²) in [5, 5.41) is 11.6. The van der Waals surface area contributed by atoms with Gasteiger partial charge in [0, 0.05) is 17.6 Å². The summed E-state index contributed by atoms with van der Waals surface area (Å²) >= 11 is 1.72. The fraction of sp³-hybridized carbons (Fsp3) is 0.208. The Labute approximate surface area is 189 Å². The van der Waals surface area contributed by atoms with Crippen molar-refractivity contribution in [2.24, 2.45) is 7.05 Å². The van der Waals surface area contributed by atoms with Crippen molar-refractivity contribution in [2.45, 2.75) is 20.0 Å². The van der Waals surface area contributed by atoms with Crippen LogP contribution in [-0.4, -0.2) is 26.3 Å². The lowest BCUT2D eigenvalue weighted by molar-refractivity contribution is 0.415. The molecule has 0 radical (unpaired) electrons. The van der Waals surface area contributed by atoms with Crippen molar-refractivity contribution in [1.29, 1.82) is 0 Å². The summed E-state index contributed by atoms with van der Waals surface area (Å²) in [5.41, 5.74) is 2.85. The molecule has 0 spiro atoms. The Morgan fingerprint density at radius 2 is 1.88 bits per heavy atom. The van der Waals surface area contributed by atoms with E-state index in [1.54, 1.807) is 30.1 Å². The molecule has 0 bridgehead atoms. The number of hydrogen-bond acceptors (Lipinski definition) is 6. The molecule has 32 heavy (non-hydrogen) atoms. The van der Waals surface area contributed by atoms with Gasteiger partial charge in [0.2, 0.25) is 5.78 Å². The molecule has 0 N–H and O–H groups in total. The molecule has 3 aromatic heterocycles. The van der Waals surface area contributed by atoms with Gasteiger partial charge in [0.05, 0.1) is 31.1 Å². The van der Waals surface area contributed by atoms with Gasteiger partial charge >= 0.3 is 0 Å². The van der Waals surface area contributed by atoms with Gasteiger partial charge in [0.15, 0.2) is 5.82 Å². The Morgan fingerprint density at radius 1 is 1.06 bits per heavy atom. The summed E-state index contributed by atoms with van der Waals surface area (Å²) in [7, 11) is 3.41. The second-order valence-corrected chi connectivity index (χ2v) is 8.80. The van der Waals surface area contributed by atoms with Gasteiger partial charge in [-0.3, -0.25) is 13.8 Å². The second-order valence-electron chi connectivity index (χ2n) is 7.77. The van der Waals surface area contributed by atoms with Crippen molar-refractivity contribution in [1.82, 2.24) is 19.2 Å². The molecule has 3 heterocycles. The van der Waals surface area contributed by atoms with Gasteiger partial charge in [-0.1, -0.05) is 17.7 Å². The van der Waals surface area contributed by atoms with Crippen molar-refractivity contribution >= 4 is 33.7 Å². The number of aromatic nitrogens is 4. The molecule has 2 aromatic carbocycles. The van der Waals surface area contributed by atoms with E-state index in [4.69, 9.17) is 4.74 Å². The monoisotopic (exact) mass is 445 g/mol. The van der Waals surface area contributed by atoms with Gasteiger partial charge in [0.1, 0.15) is 5.75 Å². The summed E-state index contributed by atoms with van der Waals surface area (Å²) in [5.74, 6) is 2.12. The minimum absolute atomic E-state index is 0.0688. The first-order valence-electron chi connectivity index (χ1n) is 10.3. The molecule has 5 rings (SSSR count). The molecule has 0 aliphatic heterocycles. The predicted octanol–water partition coefficient (Wildman–Crippen LogP) is 4.17. The lowest BCUT2D eigenvalue weighted by Gasteiger charge is -2.24. The summed E-state index contributed by atoms with van der Waals surface area (Å²) in [6.07, 6.45) is 0. The third-order valence-corrected chi connectivity index (χ3v) is 6.50. The Balaban J connectivity index is 1.63. The maximum Gasteiger partial charge on any atom is 0.262 e. The van der Waals surface area contributed by atoms with Crippen molar-refractivity contribution in [2.75, 3.05) is 12.0 Å². The van der Waals surface area contributed by atoms with Crippen LogP contribution in [0.3, 0.4) is 0 Å². The maximum atomic E-state index is 12.9. The molecule has 0 saturated carbocycles. The number of benzene rings is 2. The number of methoxy groups -OCH3 is 1. The Bertz CT molecular complexity index is 1450. The van der Waals surface area contributed by atoms with E-state index in [1.807, 2.05) is 53.8 Å². The number of nitrogens with zero attached hydrogens (tertiary/aromatic N) is 5. The largest absolute Gasteiger partial charge is 0.497 e. The number of anilines is 1. The zero-order valence-corrected chi connectivity index (χ0v) is 19.0. The lowest BCUT2D eigenvalue weighted by atomic mass is 10.1. The van der Waals surface area contributed by atoms with E-state index in [0.717, 1.165) is 34.9 Å². The SMILES string of the molecule is COc1ccc(N(Cc2cccs2)Cc2nnc3n(C)c(=O)c4cc(C)ccc4n23)cc1. The fourth-order valence-corrected chi connectivity index (χ4v) is 4.67. The average Bonchev–Trinajstić information content (AvgIpc) is 3.47. The third kappa shape index (κ3) is 3.52. The molecule has 0 unspecified atom stereocenters. The molecule has 5 aromatic rings. The van der Waals surface area contributed by atoms with Crippen LogP contribution in [0.5, 0.6) is 5.75 Å². The Morgan fingerprint density at radius 3 is 2.59 bits per heavy atom. The minimum atomic E-state index is -0.0688. The van der Waals surface area contributed by atoms with Gasteiger partial charge in [-0.05, 0) is 54.8 Å². The van der Waals surface area contributed by atoms with Crippen LogP contribution in [0.4, 0.5) is 5.69 Å². The molecule has 0 saturated heterocycles. The summed E-state index contributed by atoms with van der Waals surface area (Å²) in [6.45, 7) is 3.26. The highest BCUT2D eigenvalue weighted by molar-refractivity contribution is 7.09. The highest BCUT2D eigenvalue weighted by Gasteiger charge is 2.18. The van der Waals surface area contributed by atoms with E-state index < -0.39 is 0 Å². The Kier molecular flexibility index (Phi) is 5.14. The number of fused-ring (bicyclic) bond motifs is 3. The van der Waals surface area contributed by atoms with Gasteiger partial charge in [-0.2, -0.15) is 0 Å². The predicted molar refractivity (Wildman–Crippen MR) is 128 cm³/mol. The smallest absolute Gasteiger partial charge is 0.262 e. The van der Waals surface area contributed by atoms with Gasteiger partial charge in [0.25, 0.3) is 5.56 Å². The molecule has 0 atom stereocenters. The van der Waals surface area contributed by atoms with E-state index >= 15 is 0 Å². The molecular weight excluding hydrogens is 422 g/mol. The zero-order chi connectivity index (χ0) is 22.2. The molecule has 8 heteroatoms. The Hall–Kier alpha value is -3.65. The molecule has 0 amide bonds. The van der Waals surface area contributed by atoms with Crippen molar-refractivity contribution in [3.63, 3.8) is 0 Å². The summed E-state index contributed by atoms with van der Waals surface area (Å²) in [6, 6.07) is 18.1. The van der Waals surface area contributed by atoms with Crippen LogP contribution in [0, 0.1) is 6.92 Å². The van der Waals surface area contributed by atoms with Crippen molar-refractivity contribution < 1.29 is 4.74 Å². The number of hydrogen-bond donors (Lipinski definition) is 0. The van der Waals surface area contributed by atoms with Crippen molar-refractivity contribution in [3.05, 3.63) is 86.6 Å². The normalized spacial score (nSPS) is 11.3. The van der Waals surface area contributed by atoms with E-state index in [0.29, 0.717) is 17.7 Å². The second kappa shape index (κ2) is 8.12. The first-order chi connectivity index (χ1) is 15.5. The number of ether oxygens (including phenoxy) is 1. The number of thiophene rings is 1. The molecule has 0 aliphatic carbocycles. The van der Waals surface area contributed by atoms with Crippen LogP contribution < -0.4 is 15.2 Å². The molecular formula is C24H23N5O2S. The van der Waals surface area contributed by atoms with Gasteiger partial charge in [-0.15, -0.1) is 21.5 Å². The standard InChI is InChI=1S/C24H23N5O2S/c1-16-6-11-21-20(13-16)23(30)27(2)24-26-25-22(29(21)24)15-28(14-19-5-4-12-32-19)17-7-9-18(31-3)10-8-17/h4-13H,14-15H2,1-3H3.